The molecule has 0 spiro atoms. The van der Waals surface area contributed by atoms with E-state index < -0.39 is 0 Å². The van der Waals surface area contributed by atoms with Crippen LogP contribution < -0.4 is 5.73 Å². The smallest absolute Gasteiger partial charge is 0.239 e. The van der Waals surface area contributed by atoms with E-state index in [0.717, 1.165) is 39.1 Å². The van der Waals surface area contributed by atoms with E-state index in [2.05, 4.69) is 18.7 Å². The van der Waals surface area contributed by atoms with Crippen LogP contribution in [0.4, 0.5) is 0 Å². The van der Waals surface area contributed by atoms with E-state index in [1.807, 2.05) is 25.7 Å². The molecule has 0 aromatic rings. The highest BCUT2D eigenvalue weighted by molar-refractivity contribution is 5.81. The zero-order valence-corrected chi connectivity index (χ0v) is 12.8. The lowest BCUT2D eigenvalue weighted by molar-refractivity contribution is -0.133. The van der Waals surface area contributed by atoms with Gasteiger partial charge in [-0.3, -0.25) is 4.79 Å². The SMILES string of the molecule is CCN(CC)CCCN(CC)C(=O)[C@@H](N)C(C)C. The van der Waals surface area contributed by atoms with Crippen molar-refractivity contribution in [1.29, 1.82) is 0 Å². The maximum Gasteiger partial charge on any atom is 0.239 e. The van der Waals surface area contributed by atoms with E-state index in [1.54, 1.807) is 0 Å². The molecule has 0 aliphatic carbocycles. The van der Waals surface area contributed by atoms with Gasteiger partial charge in [-0.15, -0.1) is 0 Å². The molecular formula is C14H31N3O. The molecule has 1 amide bonds. The van der Waals surface area contributed by atoms with Crippen molar-refractivity contribution in [2.75, 3.05) is 32.7 Å². The van der Waals surface area contributed by atoms with Crippen molar-refractivity contribution >= 4 is 5.91 Å². The highest BCUT2D eigenvalue weighted by atomic mass is 16.2. The largest absolute Gasteiger partial charge is 0.342 e. The monoisotopic (exact) mass is 257 g/mol. The minimum absolute atomic E-state index is 0.0899. The van der Waals surface area contributed by atoms with E-state index >= 15 is 0 Å². The molecule has 0 unspecified atom stereocenters. The van der Waals surface area contributed by atoms with E-state index in [9.17, 15) is 4.79 Å². The Morgan fingerprint density at radius 1 is 1.06 bits per heavy atom. The van der Waals surface area contributed by atoms with Crippen LogP contribution in [-0.4, -0.2) is 54.5 Å². The van der Waals surface area contributed by atoms with Gasteiger partial charge >= 0.3 is 0 Å². The normalized spacial score (nSPS) is 13.1. The van der Waals surface area contributed by atoms with Gasteiger partial charge in [0.1, 0.15) is 0 Å². The first-order valence-corrected chi connectivity index (χ1v) is 7.24. The molecule has 0 radical (unpaired) electrons. The molecule has 2 N–H and O–H groups in total. The molecule has 108 valence electrons. The minimum Gasteiger partial charge on any atom is -0.342 e. The zero-order chi connectivity index (χ0) is 14.1. The van der Waals surface area contributed by atoms with Crippen LogP contribution in [0.15, 0.2) is 0 Å². The molecule has 0 heterocycles. The lowest BCUT2D eigenvalue weighted by Crippen LogP contribution is -2.47. The molecule has 0 fully saturated rings. The maximum absolute atomic E-state index is 12.1. The third-order valence-electron chi connectivity index (χ3n) is 3.49. The average Bonchev–Trinajstić information content (AvgIpc) is 2.37. The first-order chi connectivity index (χ1) is 8.47. The summed E-state index contributed by atoms with van der Waals surface area (Å²) in [5.74, 6) is 0.293. The summed E-state index contributed by atoms with van der Waals surface area (Å²) in [6.07, 6.45) is 1.02. The summed E-state index contributed by atoms with van der Waals surface area (Å²) in [6, 6.07) is -0.363. The van der Waals surface area contributed by atoms with Crippen molar-refractivity contribution in [3.63, 3.8) is 0 Å². The Kier molecular flexibility index (Phi) is 9.02. The number of likely N-dealkylation sites (N-methyl/N-ethyl adjacent to an activating group) is 1. The van der Waals surface area contributed by atoms with Crippen LogP contribution in [0.1, 0.15) is 41.0 Å². The maximum atomic E-state index is 12.1. The summed E-state index contributed by atoms with van der Waals surface area (Å²) >= 11 is 0. The lowest BCUT2D eigenvalue weighted by atomic mass is 10.0. The van der Waals surface area contributed by atoms with Gasteiger partial charge in [0.2, 0.25) is 5.91 Å². The van der Waals surface area contributed by atoms with Gasteiger partial charge in [0.25, 0.3) is 0 Å². The molecule has 0 bridgehead atoms. The van der Waals surface area contributed by atoms with Crippen LogP contribution in [-0.2, 0) is 4.79 Å². The van der Waals surface area contributed by atoms with Crippen molar-refractivity contribution in [1.82, 2.24) is 9.80 Å². The summed E-state index contributed by atoms with van der Waals surface area (Å²) in [5, 5.41) is 0. The topological polar surface area (TPSA) is 49.6 Å². The summed E-state index contributed by atoms with van der Waals surface area (Å²) in [4.78, 5) is 16.4. The fourth-order valence-corrected chi connectivity index (χ4v) is 1.95. The summed E-state index contributed by atoms with van der Waals surface area (Å²) < 4.78 is 0. The summed E-state index contributed by atoms with van der Waals surface area (Å²) in [7, 11) is 0. The van der Waals surface area contributed by atoms with Crippen LogP contribution in [0, 0.1) is 5.92 Å². The van der Waals surface area contributed by atoms with Gasteiger partial charge < -0.3 is 15.5 Å². The second-order valence-electron chi connectivity index (χ2n) is 5.07. The van der Waals surface area contributed by atoms with Crippen LogP contribution in [0.3, 0.4) is 0 Å². The molecule has 1 atom stereocenters. The molecule has 0 saturated carbocycles. The predicted molar refractivity (Wildman–Crippen MR) is 77.5 cm³/mol. The second kappa shape index (κ2) is 9.34. The third kappa shape index (κ3) is 5.83. The van der Waals surface area contributed by atoms with Gasteiger partial charge in [0.05, 0.1) is 6.04 Å². The van der Waals surface area contributed by atoms with Crippen molar-refractivity contribution < 1.29 is 4.79 Å². The van der Waals surface area contributed by atoms with Crippen LogP contribution in [0.25, 0.3) is 0 Å². The van der Waals surface area contributed by atoms with Crippen LogP contribution >= 0.6 is 0 Å². The van der Waals surface area contributed by atoms with Gasteiger partial charge in [-0.25, -0.2) is 0 Å². The number of nitrogens with two attached hydrogens (primary N) is 1. The number of nitrogens with zero attached hydrogens (tertiary/aromatic N) is 2. The highest BCUT2D eigenvalue weighted by Gasteiger charge is 2.22. The number of hydrogen-bond donors (Lipinski definition) is 1. The Morgan fingerprint density at radius 2 is 1.61 bits per heavy atom. The minimum atomic E-state index is -0.363. The van der Waals surface area contributed by atoms with Gasteiger partial charge in [0.15, 0.2) is 0 Å². The fourth-order valence-electron chi connectivity index (χ4n) is 1.95. The molecule has 0 rings (SSSR count). The quantitative estimate of drug-likeness (QED) is 0.682. The van der Waals surface area contributed by atoms with Crippen molar-refractivity contribution in [2.24, 2.45) is 11.7 Å². The van der Waals surface area contributed by atoms with E-state index in [-0.39, 0.29) is 17.9 Å². The lowest BCUT2D eigenvalue weighted by Gasteiger charge is -2.27. The molecule has 0 aliphatic heterocycles. The Balaban J connectivity index is 4.15. The van der Waals surface area contributed by atoms with Crippen LogP contribution in [0.5, 0.6) is 0 Å². The van der Waals surface area contributed by atoms with E-state index in [1.165, 1.54) is 0 Å². The number of amides is 1. The van der Waals surface area contributed by atoms with Gasteiger partial charge in [-0.2, -0.15) is 0 Å². The summed E-state index contributed by atoms with van der Waals surface area (Å²) in [5.41, 5.74) is 5.92. The number of carbonyl (C=O) groups is 1. The van der Waals surface area contributed by atoms with Crippen molar-refractivity contribution in [2.45, 2.75) is 47.1 Å². The Morgan fingerprint density at radius 3 is 2.00 bits per heavy atom. The molecule has 0 aromatic carbocycles. The number of carbonyl (C=O) groups excluding carboxylic acids is 1. The third-order valence-corrected chi connectivity index (χ3v) is 3.49. The zero-order valence-electron chi connectivity index (χ0n) is 12.8. The Hall–Kier alpha value is -0.610. The molecule has 0 aliphatic rings. The predicted octanol–water partition coefficient (Wildman–Crippen LogP) is 1.55. The molecule has 4 heteroatoms. The molecular weight excluding hydrogens is 226 g/mol. The van der Waals surface area contributed by atoms with Crippen molar-refractivity contribution in [3.05, 3.63) is 0 Å². The Bertz CT molecular complexity index is 227. The van der Waals surface area contributed by atoms with Gasteiger partial charge in [-0.05, 0) is 38.9 Å². The first kappa shape index (κ1) is 17.4. The molecule has 0 aromatic heterocycles. The number of rotatable bonds is 9. The fraction of sp³-hybridized carbons (Fsp3) is 0.929. The first-order valence-electron chi connectivity index (χ1n) is 7.24. The molecule has 4 nitrogen and oxygen atoms in total. The number of hydrogen-bond acceptors (Lipinski definition) is 3. The van der Waals surface area contributed by atoms with Gasteiger partial charge in [0, 0.05) is 13.1 Å². The molecule has 0 saturated heterocycles. The van der Waals surface area contributed by atoms with Gasteiger partial charge in [-0.1, -0.05) is 27.7 Å². The standard InChI is InChI=1S/C14H31N3O/c1-6-16(7-2)10-9-11-17(8-3)14(18)13(15)12(4)5/h12-13H,6-11,15H2,1-5H3/t13-/m0/s1. The second-order valence-corrected chi connectivity index (χ2v) is 5.07. The Labute approximate surface area is 113 Å². The highest BCUT2D eigenvalue weighted by Crippen LogP contribution is 2.04. The van der Waals surface area contributed by atoms with Crippen LogP contribution in [0.2, 0.25) is 0 Å². The van der Waals surface area contributed by atoms with E-state index in [4.69, 9.17) is 5.73 Å². The van der Waals surface area contributed by atoms with Crippen molar-refractivity contribution in [3.8, 4) is 0 Å². The average molecular weight is 257 g/mol. The summed E-state index contributed by atoms with van der Waals surface area (Å²) in [6.45, 7) is 15.1. The molecule has 18 heavy (non-hydrogen) atoms. The van der Waals surface area contributed by atoms with E-state index in [0.29, 0.717) is 0 Å².